The van der Waals surface area contributed by atoms with Gasteiger partial charge in [0.2, 0.25) is 0 Å². The summed E-state index contributed by atoms with van der Waals surface area (Å²) in [6.45, 7) is 4.33. The van der Waals surface area contributed by atoms with Crippen molar-refractivity contribution in [3.63, 3.8) is 0 Å². The highest BCUT2D eigenvalue weighted by Gasteiger charge is 1.81. The van der Waals surface area contributed by atoms with Crippen molar-refractivity contribution in [3.8, 4) is 0 Å². The normalized spacial score (nSPS) is 12.8. The van der Waals surface area contributed by atoms with Gasteiger partial charge in [0.05, 0.1) is 0 Å². The Morgan fingerprint density at radius 3 is 2.60 bits per heavy atom. The quantitative estimate of drug-likeness (QED) is 0.470. The first-order chi connectivity index (χ1) is 4.81. The number of allylic oxidation sites excluding steroid dienone is 3. The summed E-state index contributed by atoms with van der Waals surface area (Å²) in [5.41, 5.74) is 6.64. The average molecular weight is 139 g/mol. The zero-order chi connectivity index (χ0) is 7.82. The first-order valence-corrected chi connectivity index (χ1v) is 3.83. The largest absolute Gasteiger partial charge is 0.405 e. The molecule has 0 aliphatic rings. The van der Waals surface area contributed by atoms with E-state index in [0.29, 0.717) is 0 Å². The third kappa shape index (κ3) is 5.42. The fraction of sp³-hybridized carbons (Fsp3) is 0.556. The topological polar surface area (TPSA) is 26.0 Å². The van der Waals surface area contributed by atoms with Crippen molar-refractivity contribution in [3.05, 3.63) is 23.9 Å². The Bertz CT molecular complexity index is 123. The Morgan fingerprint density at radius 1 is 1.40 bits per heavy atom. The van der Waals surface area contributed by atoms with Crippen molar-refractivity contribution in [2.75, 3.05) is 0 Å². The van der Waals surface area contributed by atoms with Gasteiger partial charge in [-0.25, -0.2) is 0 Å². The Morgan fingerprint density at radius 2 is 2.10 bits per heavy atom. The Kier molecular flexibility index (Phi) is 5.94. The summed E-state index contributed by atoms with van der Waals surface area (Å²) in [6, 6.07) is 0. The number of hydrogen-bond donors (Lipinski definition) is 1. The van der Waals surface area contributed by atoms with E-state index in [1.807, 2.05) is 6.08 Å². The summed E-state index contributed by atoms with van der Waals surface area (Å²) in [5.74, 6) is 0. The van der Waals surface area contributed by atoms with E-state index in [1.54, 1.807) is 6.20 Å². The minimum atomic E-state index is 1.06. The molecule has 58 valence electrons. The third-order valence-corrected chi connectivity index (χ3v) is 1.52. The van der Waals surface area contributed by atoms with E-state index in [1.165, 1.54) is 5.57 Å². The molecule has 0 aromatic rings. The van der Waals surface area contributed by atoms with Crippen molar-refractivity contribution in [1.29, 1.82) is 0 Å². The van der Waals surface area contributed by atoms with Crippen LogP contribution >= 0.6 is 0 Å². The fourth-order valence-electron chi connectivity index (χ4n) is 0.667. The molecule has 0 fully saturated rings. The van der Waals surface area contributed by atoms with Gasteiger partial charge in [0.25, 0.3) is 0 Å². The molecule has 1 heteroatoms. The number of nitrogens with two attached hydrogens (primary N) is 1. The van der Waals surface area contributed by atoms with Crippen molar-refractivity contribution >= 4 is 0 Å². The van der Waals surface area contributed by atoms with E-state index < -0.39 is 0 Å². The predicted molar refractivity (Wildman–Crippen MR) is 46.6 cm³/mol. The monoisotopic (exact) mass is 139 g/mol. The second-order valence-corrected chi connectivity index (χ2v) is 2.41. The van der Waals surface area contributed by atoms with E-state index in [0.717, 1.165) is 19.3 Å². The first kappa shape index (κ1) is 9.28. The van der Waals surface area contributed by atoms with Gasteiger partial charge >= 0.3 is 0 Å². The predicted octanol–water partition coefficient (Wildman–Crippen LogP) is 2.60. The second kappa shape index (κ2) is 6.40. The fourth-order valence-corrected chi connectivity index (χ4v) is 0.667. The maximum atomic E-state index is 5.18. The molecule has 10 heavy (non-hydrogen) atoms. The molecule has 0 aromatic heterocycles. The van der Waals surface area contributed by atoms with Crippen LogP contribution in [0.2, 0.25) is 0 Å². The molecule has 0 amide bonds. The molecule has 2 N–H and O–H groups in total. The Labute approximate surface area is 63.6 Å². The lowest BCUT2D eigenvalue weighted by Crippen LogP contribution is -1.76. The molecule has 0 aromatic carbocycles. The van der Waals surface area contributed by atoms with Gasteiger partial charge in [0.15, 0.2) is 0 Å². The minimum absolute atomic E-state index is 1.06. The van der Waals surface area contributed by atoms with Gasteiger partial charge in [0, 0.05) is 0 Å². The van der Waals surface area contributed by atoms with E-state index in [2.05, 4.69) is 19.9 Å². The molecule has 0 heterocycles. The van der Waals surface area contributed by atoms with Crippen molar-refractivity contribution in [2.24, 2.45) is 5.73 Å². The van der Waals surface area contributed by atoms with Crippen LogP contribution < -0.4 is 5.73 Å². The molecule has 0 atom stereocenters. The molecule has 0 radical (unpaired) electrons. The molecule has 0 saturated carbocycles. The standard InChI is InChI=1S/C9H17N/c1-3-9(2)7-5-4-6-8-10/h6-8H,3-5,10H2,1-2H3/b8-6-,9-7+. The van der Waals surface area contributed by atoms with Crippen LogP contribution in [0.15, 0.2) is 23.9 Å². The molecular formula is C9H17N. The Balaban J connectivity index is 3.33. The lowest BCUT2D eigenvalue weighted by molar-refractivity contribution is 0.996. The van der Waals surface area contributed by atoms with Crippen LogP contribution in [0.1, 0.15) is 33.1 Å². The van der Waals surface area contributed by atoms with Gasteiger partial charge < -0.3 is 5.73 Å². The van der Waals surface area contributed by atoms with Crippen LogP contribution in [-0.4, -0.2) is 0 Å². The molecular weight excluding hydrogens is 122 g/mol. The van der Waals surface area contributed by atoms with Gasteiger partial charge in [0.1, 0.15) is 0 Å². The maximum Gasteiger partial charge on any atom is -0.0103 e. The molecule has 0 saturated heterocycles. The highest BCUT2D eigenvalue weighted by Crippen LogP contribution is 2.01. The van der Waals surface area contributed by atoms with Crippen LogP contribution in [0, 0.1) is 0 Å². The number of unbranched alkanes of at least 4 members (excludes halogenated alkanes) is 1. The minimum Gasteiger partial charge on any atom is -0.405 e. The summed E-state index contributed by atoms with van der Waals surface area (Å²) in [7, 11) is 0. The van der Waals surface area contributed by atoms with E-state index >= 15 is 0 Å². The SMILES string of the molecule is CC/C(C)=C/CC/C=C\N. The van der Waals surface area contributed by atoms with E-state index in [-0.39, 0.29) is 0 Å². The summed E-state index contributed by atoms with van der Waals surface area (Å²) < 4.78 is 0. The summed E-state index contributed by atoms with van der Waals surface area (Å²) in [4.78, 5) is 0. The van der Waals surface area contributed by atoms with Crippen molar-refractivity contribution in [2.45, 2.75) is 33.1 Å². The summed E-state index contributed by atoms with van der Waals surface area (Å²) >= 11 is 0. The van der Waals surface area contributed by atoms with Gasteiger partial charge in [-0.3, -0.25) is 0 Å². The maximum absolute atomic E-state index is 5.18. The second-order valence-electron chi connectivity index (χ2n) is 2.41. The molecule has 0 bridgehead atoms. The molecule has 0 rings (SSSR count). The Hall–Kier alpha value is -0.720. The zero-order valence-corrected chi connectivity index (χ0v) is 6.93. The zero-order valence-electron chi connectivity index (χ0n) is 6.93. The van der Waals surface area contributed by atoms with Crippen LogP contribution in [0.4, 0.5) is 0 Å². The smallest absolute Gasteiger partial charge is 0.0103 e. The van der Waals surface area contributed by atoms with Crippen molar-refractivity contribution < 1.29 is 0 Å². The van der Waals surface area contributed by atoms with Crippen LogP contribution in [-0.2, 0) is 0 Å². The number of rotatable bonds is 4. The first-order valence-electron chi connectivity index (χ1n) is 3.83. The van der Waals surface area contributed by atoms with Crippen LogP contribution in [0.3, 0.4) is 0 Å². The van der Waals surface area contributed by atoms with Crippen LogP contribution in [0.5, 0.6) is 0 Å². The van der Waals surface area contributed by atoms with Gasteiger partial charge in [-0.15, -0.1) is 0 Å². The molecule has 0 aliphatic heterocycles. The summed E-state index contributed by atoms with van der Waals surface area (Å²) in [5, 5.41) is 0. The summed E-state index contributed by atoms with van der Waals surface area (Å²) in [6.07, 6.45) is 9.20. The molecule has 1 nitrogen and oxygen atoms in total. The molecule has 0 spiro atoms. The lowest BCUT2D eigenvalue weighted by Gasteiger charge is -1.92. The van der Waals surface area contributed by atoms with Gasteiger partial charge in [-0.1, -0.05) is 24.6 Å². The third-order valence-electron chi connectivity index (χ3n) is 1.52. The van der Waals surface area contributed by atoms with Crippen LogP contribution in [0.25, 0.3) is 0 Å². The highest BCUT2D eigenvalue weighted by molar-refractivity contribution is 4.97. The van der Waals surface area contributed by atoms with Crippen molar-refractivity contribution in [1.82, 2.24) is 0 Å². The molecule has 0 unspecified atom stereocenters. The lowest BCUT2D eigenvalue weighted by atomic mass is 10.2. The number of hydrogen-bond acceptors (Lipinski definition) is 1. The highest BCUT2D eigenvalue weighted by atomic mass is 14.5. The van der Waals surface area contributed by atoms with Gasteiger partial charge in [-0.2, -0.15) is 0 Å². The van der Waals surface area contributed by atoms with E-state index in [9.17, 15) is 0 Å². The van der Waals surface area contributed by atoms with Gasteiger partial charge in [-0.05, 0) is 32.4 Å². The molecule has 0 aliphatic carbocycles. The average Bonchev–Trinajstić information content (AvgIpc) is 1.98. The van der Waals surface area contributed by atoms with E-state index in [4.69, 9.17) is 5.73 Å².